The van der Waals surface area contributed by atoms with Crippen molar-refractivity contribution in [2.75, 3.05) is 0 Å². The van der Waals surface area contributed by atoms with E-state index in [4.69, 9.17) is 0 Å². The Morgan fingerprint density at radius 2 is 0.744 bits per heavy atom. The molecule has 8 rings (SSSR count). The number of hydrogen-bond acceptors (Lipinski definition) is 6. The van der Waals surface area contributed by atoms with Crippen LogP contribution in [0, 0.1) is 0 Å². The van der Waals surface area contributed by atoms with Gasteiger partial charge in [0.15, 0.2) is 0 Å². The van der Waals surface area contributed by atoms with Gasteiger partial charge in [-0.05, 0) is 62.1 Å². The molecule has 0 bridgehead atoms. The quantitative estimate of drug-likeness (QED) is 0.408. The van der Waals surface area contributed by atoms with E-state index in [1.165, 1.54) is 14.7 Å². The van der Waals surface area contributed by atoms with Gasteiger partial charge in [0, 0.05) is 39.1 Å². The molecule has 9 heteroatoms. The highest BCUT2D eigenvalue weighted by atomic mass is 16.2. The Morgan fingerprint density at radius 1 is 0.395 bits per heavy atom. The van der Waals surface area contributed by atoms with Crippen LogP contribution in [0.25, 0.3) is 10.8 Å². The van der Waals surface area contributed by atoms with E-state index in [1.807, 2.05) is 0 Å². The van der Waals surface area contributed by atoms with Crippen molar-refractivity contribution in [3.05, 3.63) is 81.9 Å². The normalized spacial score (nSPS) is 24.0. The largest absolute Gasteiger partial charge is 0.271 e. The minimum absolute atomic E-state index is 0.159. The summed E-state index contributed by atoms with van der Waals surface area (Å²) >= 11 is 0. The van der Waals surface area contributed by atoms with Crippen molar-refractivity contribution in [1.82, 2.24) is 14.7 Å². The molecule has 3 aliphatic heterocycles. The SMILES string of the molecule is O=C1c2ccc3c4c(ccc(c24)C(=O)N1C1CCCCC1)C(=O)N([C@@H]1CCCC[C@H]1N1C(=O)c2ccccc2C1=O)C3=O. The van der Waals surface area contributed by atoms with Gasteiger partial charge in [0.05, 0.1) is 23.2 Å². The van der Waals surface area contributed by atoms with Crippen molar-refractivity contribution < 1.29 is 28.8 Å². The van der Waals surface area contributed by atoms with Gasteiger partial charge in [0.25, 0.3) is 35.4 Å². The molecule has 9 nitrogen and oxygen atoms in total. The van der Waals surface area contributed by atoms with Crippen molar-refractivity contribution in [2.45, 2.75) is 75.9 Å². The zero-order chi connectivity index (χ0) is 29.6. The highest BCUT2D eigenvalue weighted by Gasteiger charge is 2.49. The van der Waals surface area contributed by atoms with E-state index in [2.05, 4.69) is 0 Å². The van der Waals surface area contributed by atoms with Crippen LogP contribution in [0.2, 0.25) is 0 Å². The molecule has 0 unspecified atom stereocenters. The molecule has 6 amide bonds. The smallest absolute Gasteiger partial charge is 0.261 e. The maximum Gasteiger partial charge on any atom is 0.261 e. The van der Waals surface area contributed by atoms with Gasteiger partial charge in [-0.1, -0.05) is 44.2 Å². The van der Waals surface area contributed by atoms with Crippen LogP contribution in [0.5, 0.6) is 0 Å². The monoisotopic (exact) mass is 575 g/mol. The maximum absolute atomic E-state index is 14.2. The lowest BCUT2D eigenvalue weighted by Gasteiger charge is -2.43. The van der Waals surface area contributed by atoms with Crippen LogP contribution in [0.1, 0.15) is 120 Å². The highest BCUT2D eigenvalue weighted by Crippen LogP contribution is 2.42. The average Bonchev–Trinajstić information content (AvgIpc) is 3.29. The Hall–Kier alpha value is -4.66. The molecule has 2 saturated carbocycles. The molecule has 216 valence electrons. The molecule has 3 heterocycles. The third kappa shape index (κ3) is 3.51. The molecule has 3 aromatic carbocycles. The summed E-state index contributed by atoms with van der Waals surface area (Å²) in [6.07, 6.45) is 6.98. The number of carbonyl (C=O) groups excluding carboxylic acids is 6. The number of amides is 6. The summed E-state index contributed by atoms with van der Waals surface area (Å²) in [6.45, 7) is 0. The van der Waals surface area contributed by atoms with Crippen molar-refractivity contribution in [2.24, 2.45) is 0 Å². The molecule has 0 N–H and O–H groups in total. The number of benzene rings is 3. The summed E-state index contributed by atoms with van der Waals surface area (Å²) in [4.78, 5) is 86.5. The van der Waals surface area contributed by atoms with Gasteiger partial charge in [-0.2, -0.15) is 0 Å². The van der Waals surface area contributed by atoms with Crippen LogP contribution < -0.4 is 0 Å². The summed E-state index contributed by atoms with van der Waals surface area (Å²) < 4.78 is 0. The topological polar surface area (TPSA) is 112 Å². The molecule has 0 spiro atoms. The van der Waals surface area contributed by atoms with Gasteiger partial charge < -0.3 is 0 Å². The van der Waals surface area contributed by atoms with E-state index in [0.717, 1.165) is 44.9 Å². The Kier molecular flexibility index (Phi) is 5.70. The standard InChI is InChI=1S/C34H29N3O6/c38-29-19-10-4-5-11-20(19)30(39)36(29)25-12-6-7-13-26(25)37-33(42)23-16-14-21-27-22(15-17-24(28(23)27)34(37)43)32(41)35(31(21)40)18-8-2-1-3-9-18/h4-5,10-11,14-18,25-26H,1-3,6-9,12-13H2/t25-,26-/m1/s1. The van der Waals surface area contributed by atoms with Crippen LogP contribution in [0.15, 0.2) is 48.5 Å². The van der Waals surface area contributed by atoms with E-state index in [0.29, 0.717) is 45.9 Å². The zero-order valence-electron chi connectivity index (χ0n) is 23.5. The molecule has 0 aromatic heterocycles. The molecular formula is C34H29N3O6. The first-order chi connectivity index (χ1) is 20.9. The van der Waals surface area contributed by atoms with E-state index in [-0.39, 0.29) is 29.0 Å². The van der Waals surface area contributed by atoms with E-state index in [1.54, 1.807) is 48.5 Å². The summed E-state index contributed by atoms with van der Waals surface area (Å²) in [7, 11) is 0. The summed E-state index contributed by atoms with van der Waals surface area (Å²) in [6, 6.07) is 11.5. The molecule has 5 aliphatic rings. The predicted molar refractivity (Wildman–Crippen MR) is 155 cm³/mol. The first-order valence-corrected chi connectivity index (χ1v) is 15.2. The van der Waals surface area contributed by atoms with Gasteiger partial charge in [0.2, 0.25) is 0 Å². The lowest BCUT2D eigenvalue weighted by atomic mass is 9.82. The third-order valence-corrected chi connectivity index (χ3v) is 10.1. The minimum Gasteiger partial charge on any atom is -0.271 e. The third-order valence-electron chi connectivity index (χ3n) is 10.1. The van der Waals surface area contributed by atoms with Gasteiger partial charge in [0.1, 0.15) is 0 Å². The second-order valence-electron chi connectivity index (χ2n) is 12.3. The average molecular weight is 576 g/mol. The minimum atomic E-state index is -0.698. The molecule has 0 radical (unpaired) electrons. The Morgan fingerprint density at radius 3 is 1.16 bits per heavy atom. The Balaban J connectivity index is 1.20. The van der Waals surface area contributed by atoms with E-state index in [9.17, 15) is 28.8 Å². The lowest BCUT2D eigenvalue weighted by Crippen LogP contribution is -2.59. The Bertz CT molecular complexity index is 1720. The number of imide groups is 3. The fourth-order valence-corrected chi connectivity index (χ4v) is 8.09. The maximum atomic E-state index is 14.2. The first-order valence-electron chi connectivity index (χ1n) is 15.2. The summed E-state index contributed by atoms with van der Waals surface area (Å²) in [5.74, 6) is -2.66. The molecule has 3 aromatic rings. The van der Waals surface area contributed by atoms with Crippen LogP contribution in [0.4, 0.5) is 0 Å². The molecule has 2 fully saturated rings. The van der Waals surface area contributed by atoms with Gasteiger partial charge in [-0.25, -0.2) is 0 Å². The lowest BCUT2D eigenvalue weighted by molar-refractivity contribution is 0.0265. The highest BCUT2D eigenvalue weighted by molar-refractivity contribution is 6.33. The van der Waals surface area contributed by atoms with Crippen LogP contribution in [-0.4, -0.2) is 68.3 Å². The van der Waals surface area contributed by atoms with E-state index >= 15 is 0 Å². The van der Waals surface area contributed by atoms with Crippen LogP contribution in [-0.2, 0) is 0 Å². The second-order valence-corrected chi connectivity index (χ2v) is 12.3. The fourth-order valence-electron chi connectivity index (χ4n) is 8.09. The summed E-state index contributed by atoms with van der Waals surface area (Å²) in [5, 5.41) is 0.693. The fraction of sp³-hybridized carbons (Fsp3) is 0.353. The molecule has 0 saturated heterocycles. The van der Waals surface area contributed by atoms with Crippen molar-refractivity contribution in [3.63, 3.8) is 0 Å². The number of hydrogen-bond donors (Lipinski definition) is 0. The molecule has 43 heavy (non-hydrogen) atoms. The van der Waals surface area contributed by atoms with Gasteiger partial charge in [-0.15, -0.1) is 0 Å². The van der Waals surface area contributed by atoms with Gasteiger partial charge in [-0.3, -0.25) is 43.5 Å². The van der Waals surface area contributed by atoms with E-state index < -0.39 is 35.7 Å². The Labute approximate surface area is 247 Å². The first kappa shape index (κ1) is 26.0. The van der Waals surface area contributed by atoms with Crippen LogP contribution >= 0.6 is 0 Å². The number of fused-ring (bicyclic) bond motifs is 1. The predicted octanol–water partition coefficient (Wildman–Crippen LogP) is 4.97. The van der Waals surface area contributed by atoms with Crippen molar-refractivity contribution >= 4 is 46.2 Å². The number of nitrogens with zero attached hydrogens (tertiary/aromatic N) is 3. The molecule has 2 aliphatic carbocycles. The second kappa shape index (κ2) is 9.42. The number of rotatable bonds is 3. The van der Waals surface area contributed by atoms with Crippen LogP contribution in [0.3, 0.4) is 0 Å². The zero-order valence-corrected chi connectivity index (χ0v) is 23.5. The number of carbonyl (C=O) groups is 6. The van der Waals surface area contributed by atoms with Gasteiger partial charge >= 0.3 is 0 Å². The molecule has 2 atom stereocenters. The molecular weight excluding hydrogens is 546 g/mol. The van der Waals surface area contributed by atoms with Crippen molar-refractivity contribution in [3.8, 4) is 0 Å². The summed E-state index contributed by atoms with van der Waals surface area (Å²) in [5.41, 5.74) is 1.80. The van der Waals surface area contributed by atoms with Crippen molar-refractivity contribution in [1.29, 1.82) is 0 Å².